The second kappa shape index (κ2) is 5.89. The van der Waals surface area contributed by atoms with Crippen LogP contribution in [0.2, 0.25) is 0 Å². The summed E-state index contributed by atoms with van der Waals surface area (Å²) in [7, 11) is 0. The summed E-state index contributed by atoms with van der Waals surface area (Å²) in [5.74, 6) is 6.60. The fourth-order valence-corrected chi connectivity index (χ4v) is 1.98. The van der Waals surface area contributed by atoms with Crippen molar-refractivity contribution < 1.29 is 0 Å². The van der Waals surface area contributed by atoms with Crippen molar-refractivity contribution in [2.24, 2.45) is 0 Å². The Morgan fingerprint density at radius 1 is 0.810 bits per heavy atom. The zero-order valence-corrected chi connectivity index (χ0v) is 11.3. The molecule has 3 heteroatoms. The fraction of sp³-hybridized carbons (Fsp3) is 0. The van der Waals surface area contributed by atoms with E-state index in [1.807, 2.05) is 54.6 Å². The number of hydrogen-bond donors (Lipinski definition) is 1. The maximum absolute atomic E-state index is 5.87. The Bertz CT molecular complexity index is 800. The van der Waals surface area contributed by atoms with E-state index in [2.05, 4.69) is 21.8 Å². The van der Waals surface area contributed by atoms with Crippen LogP contribution in [0.4, 0.5) is 5.82 Å². The number of pyridine rings is 2. The highest BCUT2D eigenvalue weighted by Gasteiger charge is 2.01. The van der Waals surface area contributed by atoms with Crippen LogP contribution >= 0.6 is 0 Å². The third-order valence-electron chi connectivity index (χ3n) is 2.97. The van der Waals surface area contributed by atoms with E-state index in [-0.39, 0.29) is 0 Å². The summed E-state index contributed by atoms with van der Waals surface area (Å²) < 4.78 is 0. The highest BCUT2D eigenvalue weighted by Crippen LogP contribution is 2.20. The van der Waals surface area contributed by atoms with Gasteiger partial charge in [-0.2, -0.15) is 0 Å². The van der Waals surface area contributed by atoms with Gasteiger partial charge in [0, 0.05) is 18.0 Å². The average molecular weight is 271 g/mol. The van der Waals surface area contributed by atoms with Gasteiger partial charge in [0.2, 0.25) is 0 Å². The van der Waals surface area contributed by atoms with Crippen molar-refractivity contribution in [1.82, 2.24) is 9.97 Å². The lowest BCUT2D eigenvalue weighted by molar-refractivity contribution is 1.29. The van der Waals surface area contributed by atoms with Crippen molar-refractivity contribution >= 4 is 5.82 Å². The first kappa shape index (κ1) is 12.9. The van der Waals surface area contributed by atoms with Crippen molar-refractivity contribution in [3.8, 4) is 23.0 Å². The molecule has 0 saturated carbocycles. The molecule has 3 nitrogen and oxygen atoms in total. The fourth-order valence-electron chi connectivity index (χ4n) is 1.98. The predicted octanol–water partition coefficient (Wildman–Crippen LogP) is 3.13. The molecule has 0 atom stereocenters. The van der Waals surface area contributed by atoms with Gasteiger partial charge in [-0.1, -0.05) is 24.1 Å². The standard InChI is InChI=1S/C18H13N3/c19-18-13-16(15-8-10-20-11-9-15)12-17(21-18)7-6-14-4-2-1-3-5-14/h1-5,8-13H,(H2,19,21). The molecule has 1 aromatic carbocycles. The summed E-state index contributed by atoms with van der Waals surface area (Å²) in [6.45, 7) is 0. The van der Waals surface area contributed by atoms with Crippen molar-refractivity contribution in [2.75, 3.05) is 5.73 Å². The second-order valence-corrected chi connectivity index (χ2v) is 4.52. The number of nitrogens with two attached hydrogens (primary N) is 1. The van der Waals surface area contributed by atoms with Crippen LogP contribution in [0.3, 0.4) is 0 Å². The van der Waals surface area contributed by atoms with Crippen molar-refractivity contribution in [2.45, 2.75) is 0 Å². The van der Waals surface area contributed by atoms with E-state index in [9.17, 15) is 0 Å². The summed E-state index contributed by atoms with van der Waals surface area (Å²) in [4.78, 5) is 8.28. The SMILES string of the molecule is Nc1cc(-c2ccncc2)cc(C#Cc2ccccc2)n1. The van der Waals surface area contributed by atoms with Crippen molar-refractivity contribution in [3.05, 3.63) is 78.2 Å². The molecule has 2 aromatic heterocycles. The van der Waals surface area contributed by atoms with Gasteiger partial charge >= 0.3 is 0 Å². The minimum absolute atomic E-state index is 0.460. The molecule has 0 bridgehead atoms. The predicted molar refractivity (Wildman–Crippen MR) is 84.3 cm³/mol. The van der Waals surface area contributed by atoms with E-state index in [0.29, 0.717) is 11.5 Å². The zero-order valence-electron chi connectivity index (χ0n) is 11.3. The molecule has 2 N–H and O–H groups in total. The molecule has 0 aliphatic rings. The van der Waals surface area contributed by atoms with E-state index in [0.717, 1.165) is 16.7 Å². The molecule has 0 spiro atoms. The maximum Gasteiger partial charge on any atom is 0.125 e. The van der Waals surface area contributed by atoms with Gasteiger partial charge in [0.05, 0.1) is 0 Å². The van der Waals surface area contributed by atoms with Gasteiger partial charge < -0.3 is 5.73 Å². The second-order valence-electron chi connectivity index (χ2n) is 4.52. The Morgan fingerprint density at radius 2 is 1.57 bits per heavy atom. The molecule has 0 unspecified atom stereocenters. The normalized spacial score (nSPS) is 9.71. The molecule has 3 aromatic rings. The van der Waals surface area contributed by atoms with Crippen LogP contribution in [-0.4, -0.2) is 9.97 Å². The molecular formula is C18H13N3. The molecule has 0 saturated heterocycles. The lowest BCUT2D eigenvalue weighted by Crippen LogP contribution is -1.94. The van der Waals surface area contributed by atoms with E-state index >= 15 is 0 Å². The van der Waals surface area contributed by atoms with Gasteiger partial charge in [-0.3, -0.25) is 4.98 Å². The van der Waals surface area contributed by atoms with Crippen LogP contribution < -0.4 is 5.73 Å². The van der Waals surface area contributed by atoms with Crippen LogP contribution in [-0.2, 0) is 0 Å². The van der Waals surface area contributed by atoms with E-state index in [4.69, 9.17) is 5.73 Å². The lowest BCUT2D eigenvalue weighted by atomic mass is 10.1. The Balaban J connectivity index is 1.98. The van der Waals surface area contributed by atoms with Crippen molar-refractivity contribution in [1.29, 1.82) is 0 Å². The lowest BCUT2D eigenvalue weighted by Gasteiger charge is -2.03. The Labute approximate surface area is 123 Å². The van der Waals surface area contributed by atoms with Crippen LogP contribution in [0.5, 0.6) is 0 Å². The molecule has 21 heavy (non-hydrogen) atoms. The van der Waals surface area contributed by atoms with Crippen LogP contribution in [0.1, 0.15) is 11.3 Å². The zero-order chi connectivity index (χ0) is 14.5. The molecule has 0 radical (unpaired) electrons. The molecule has 0 fully saturated rings. The first-order chi connectivity index (χ1) is 10.3. The highest BCUT2D eigenvalue weighted by atomic mass is 14.8. The third kappa shape index (κ3) is 3.26. The molecule has 3 rings (SSSR count). The molecular weight excluding hydrogens is 258 g/mol. The van der Waals surface area contributed by atoms with Gasteiger partial charge in [0.15, 0.2) is 0 Å². The van der Waals surface area contributed by atoms with Crippen LogP contribution in [0, 0.1) is 11.8 Å². The minimum Gasteiger partial charge on any atom is -0.384 e. The summed E-state index contributed by atoms with van der Waals surface area (Å²) in [5.41, 5.74) is 9.51. The molecule has 0 aliphatic carbocycles. The first-order valence-electron chi connectivity index (χ1n) is 6.56. The summed E-state index contributed by atoms with van der Waals surface area (Å²) >= 11 is 0. The van der Waals surface area contributed by atoms with Gasteiger partial charge in [0.25, 0.3) is 0 Å². The number of nitrogen functional groups attached to an aromatic ring is 1. The Morgan fingerprint density at radius 3 is 2.33 bits per heavy atom. The molecule has 2 heterocycles. The number of rotatable bonds is 1. The largest absolute Gasteiger partial charge is 0.384 e. The highest BCUT2D eigenvalue weighted by molar-refractivity contribution is 5.67. The summed E-state index contributed by atoms with van der Waals surface area (Å²) in [6.07, 6.45) is 3.50. The van der Waals surface area contributed by atoms with E-state index < -0.39 is 0 Å². The molecule has 100 valence electrons. The minimum atomic E-state index is 0.460. The monoisotopic (exact) mass is 271 g/mol. The third-order valence-corrected chi connectivity index (χ3v) is 2.97. The molecule has 0 aliphatic heterocycles. The van der Waals surface area contributed by atoms with Crippen LogP contribution in [0.25, 0.3) is 11.1 Å². The summed E-state index contributed by atoms with van der Waals surface area (Å²) in [6, 6.07) is 17.4. The molecule has 0 amide bonds. The van der Waals surface area contributed by atoms with Gasteiger partial charge in [-0.15, -0.1) is 0 Å². The number of anilines is 1. The van der Waals surface area contributed by atoms with Crippen LogP contribution in [0.15, 0.2) is 67.0 Å². The quantitative estimate of drug-likeness (QED) is 0.692. The van der Waals surface area contributed by atoms with Gasteiger partial charge in [-0.05, 0) is 53.4 Å². The Kier molecular flexibility index (Phi) is 3.62. The maximum atomic E-state index is 5.87. The van der Waals surface area contributed by atoms with E-state index in [1.54, 1.807) is 12.4 Å². The number of benzene rings is 1. The van der Waals surface area contributed by atoms with Gasteiger partial charge in [0.1, 0.15) is 11.5 Å². The van der Waals surface area contributed by atoms with Gasteiger partial charge in [-0.25, -0.2) is 4.98 Å². The Hall–Kier alpha value is -3.12. The smallest absolute Gasteiger partial charge is 0.125 e. The topological polar surface area (TPSA) is 51.8 Å². The summed E-state index contributed by atoms with van der Waals surface area (Å²) in [5, 5.41) is 0. The van der Waals surface area contributed by atoms with E-state index in [1.165, 1.54) is 0 Å². The van der Waals surface area contributed by atoms with Crippen molar-refractivity contribution in [3.63, 3.8) is 0 Å². The first-order valence-corrected chi connectivity index (χ1v) is 6.56. The average Bonchev–Trinajstić information content (AvgIpc) is 2.54. The number of aromatic nitrogens is 2. The number of nitrogens with zero attached hydrogens (tertiary/aromatic N) is 2. The number of hydrogen-bond acceptors (Lipinski definition) is 3.